The molecule has 8 heteroatoms. The average molecular weight is 408 g/mol. The molecule has 0 spiro atoms. The minimum Gasteiger partial charge on any atom is -0.480 e. The van der Waals surface area contributed by atoms with Crippen LogP contribution < -0.4 is 4.72 Å². The van der Waals surface area contributed by atoms with Crippen molar-refractivity contribution in [1.82, 2.24) is 14.5 Å². The van der Waals surface area contributed by atoms with Gasteiger partial charge in [-0.15, -0.1) is 0 Å². The number of aromatic nitrogens is 2. The Labute approximate surface area is 166 Å². The van der Waals surface area contributed by atoms with Crippen LogP contribution >= 0.6 is 0 Å². The zero-order chi connectivity index (χ0) is 20.9. The van der Waals surface area contributed by atoms with Crippen LogP contribution in [0.3, 0.4) is 0 Å². The summed E-state index contributed by atoms with van der Waals surface area (Å²) in [6.07, 6.45) is 2.83. The number of sulfonamides is 1. The molecule has 154 valence electrons. The van der Waals surface area contributed by atoms with Crippen molar-refractivity contribution in [1.29, 1.82) is 0 Å². The number of benzene rings is 1. The van der Waals surface area contributed by atoms with Crippen LogP contribution in [0, 0.1) is 0 Å². The summed E-state index contributed by atoms with van der Waals surface area (Å²) in [4.78, 5) is 11.1. The molecule has 0 radical (unpaired) electrons. The summed E-state index contributed by atoms with van der Waals surface area (Å²) >= 11 is 0. The smallest absolute Gasteiger partial charge is 0.324 e. The topological polar surface area (TPSA) is 101 Å². The second kappa shape index (κ2) is 8.87. The Morgan fingerprint density at radius 2 is 1.79 bits per heavy atom. The molecule has 1 aromatic heterocycles. The second-order valence-electron chi connectivity index (χ2n) is 7.84. The lowest BCUT2D eigenvalue weighted by Gasteiger charge is -2.20. The van der Waals surface area contributed by atoms with Crippen LogP contribution in [0.15, 0.2) is 36.5 Å². The Morgan fingerprint density at radius 3 is 2.36 bits per heavy atom. The van der Waals surface area contributed by atoms with Crippen LogP contribution in [-0.4, -0.2) is 40.6 Å². The maximum Gasteiger partial charge on any atom is 0.324 e. The number of aliphatic carboxylic acids is 1. The molecule has 0 saturated heterocycles. The Bertz CT molecular complexity index is 900. The van der Waals surface area contributed by atoms with Crippen molar-refractivity contribution in [3.8, 4) is 0 Å². The van der Waals surface area contributed by atoms with Crippen LogP contribution in [0.2, 0.25) is 0 Å². The third kappa shape index (κ3) is 6.17. The SMILES string of the molecule is CC(C)c1ccnn1Cc1ccc(CCCS(=O)(=O)NC(C)(C)C(=O)O)cc1. The first-order valence-corrected chi connectivity index (χ1v) is 11.0. The van der Waals surface area contributed by atoms with E-state index in [0.29, 0.717) is 25.3 Å². The summed E-state index contributed by atoms with van der Waals surface area (Å²) < 4.78 is 28.4. The summed E-state index contributed by atoms with van der Waals surface area (Å²) in [5.74, 6) is -0.913. The van der Waals surface area contributed by atoms with Crippen LogP contribution in [-0.2, 0) is 27.8 Å². The molecule has 1 aromatic carbocycles. The quantitative estimate of drug-likeness (QED) is 0.631. The first-order chi connectivity index (χ1) is 13.0. The molecule has 0 amide bonds. The Balaban J connectivity index is 1.89. The van der Waals surface area contributed by atoms with Crippen molar-refractivity contribution in [3.63, 3.8) is 0 Å². The molecule has 2 rings (SSSR count). The average Bonchev–Trinajstić information content (AvgIpc) is 3.03. The highest BCUT2D eigenvalue weighted by Crippen LogP contribution is 2.16. The van der Waals surface area contributed by atoms with E-state index in [1.54, 1.807) is 0 Å². The summed E-state index contributed by atoms with van der Waals surface area (Å²) in [6.45, 7) is 7.63. The molecule has 0 fully saturated rings. The summed E-state index contributed by atoms with van der Waals surface area (Å²) in [6, 6.07) is 10.1. The monoisotopic (exact) mass is 407 g/mol. The van der Waals surface area contributed by atoms with E-state index in [1.165, 1.54) is 19.5 Å². The van der Waals surface area contributed by atoms with E-state index in [2.05, 4.69) is 23.7 Å². The van der Waals surface area contributed by atoms with Crippen molar-refractivity contribution >= 4 is 16.0 Å². The Morgan fingerprint density at radius 1 is 1.18 bits per heavy atom. The third-order valence-electron chi connectivity index (χ3n) is 4.52. The fourth-order valence-corrected chi connectivity index (χ4v) is 4.39. The number of aryl methyl sites for hydroxylation is 1. The van der Waals surface area contributed by atoms with E-state index in [-0.39, 0.29) is 5.75 Å². The molecule has 0 aliphatic heterocycles. The normalized spacial score (nSPS) is 12.5. The van der Waals surface area contributed by atoms with E-state index < -0.39 is 21.5 Å². The molecule has 2 N–H and O–H groups in total. The van der Waals surface area contributed by atoms with E-state index in [4.69, 9.17) is 5.11 Å². The minimum atomic E-state index is -3.65. The first kappa shape index (κ1) is 22.1. The van der Waals surface area contributed by atoms with Gasteiger partial charge in [-0.2, -0.15) is 9.82 Å². The van der Waals surface area contributed by atoms with E-state index in [1.807, 2.05) is 41.2 Å². The standard InChI is InChI=1S/C20H29N3O4S/c1-15(2)18-11-12-21-23(18)14-17-9-7-16(8-10-17)6-5-13-28(26,27)22-20(3,4)19(24)25/h7-12,15,22H,5-6,13-14H2,1-4H3,(H,24,25). The van der Waals surface area contributed by atoms with Crippen LogP contribution in [0.1, 0.15) is 56.9 Å². The number of rotatable bonds is 10. The van der Waals surface area contributed by atoms with Crippen molar-refractivity contribution in [2.24, 2.45) is 0 Å². The largest absolute Gasteiger partial charge is 0.480 e. The van der Waals surface area contributed by atoms with Crippen molar-refractivity contribution < 1.29 is 18.3 Å². The maximum atomic E-state index is 12.1. The van der Waals surface area contributed by atoms with E-state index in [9.17, 15) is 13.2 Å². The zero-order valence-electron chi connectivity index (χ0n) is 16.8. The van der Waals surface area contributed by atoms with Crippen molar-refractivity contribution in [2.45, 2.75) is 58.5 Å². The van der Waals surface area contributed by atoms with Gasteiger partial charge in [0.05, 0.1) is 12.3 Å². The highest BCUT2D eigenvalue weighted by molar-refractivity contribution is 7.89. The molecule has 0 aliphatic carbocycles. The number of carbonyl (C=O) groups is 1. The molecule has 7 nitrogen and oxygen atoms in total. The Hall–Kier alpha value is -2.19. The van der Waals surface area contributed by atoms with Gasteiger partial charge in [0.15, 0.2) is 0 Å². The summed E-state index contributed by atoms with van der Waals surface area (Å²) in [7, 11) is -3.65. The van der Waals surface area contributed by atoms with E-state index in [0.717, 1.165) is 11.1 Å². The van der Waals surface area contributed by atoms with Gasteiger partial charge in [-0.05, 0) is 49.8 Å². The molecular weight excluding hydrogens is 378 g/mol. The zero-order valence-corrected chi connectivity index (χ0v) is 17.7. The number of nitrogens with zero attached hydrogens (tertiary/aromatic N) is 2. The number of carboxylic acids is 1. The summed E-state index contributed by atoms with van der Waals surface area (Å²) in [5.41, 5.74) is 1.85. The number of carboxylic acid groups (broad SMARTS) is 1. The van der Waals surface area contributed by atoms with Gasteiger partial charge in [0.1, 0.15) is 5.54 Å². The van der Waals surface area contributed by atoms with Crippen molar-refractivity contribution in [2.75, 3.05) is 5.75 Å². The van der Waals surface area contributed by atoms with Gasteiger partial charge >= 0.3 is 5.97 Å². The lowest BCUT2D eigenvalue weighted by Crippen LogP contribution is -2.50. The van der Waals surface area contributed by atoms with Crippen LogP contribution in [0.4, 0.5) is 0 Å². The molecule has 0 unspecified atom stereocenters. The number of hydrogen-bond donors (Lipinski definition) is 2. The molecule has 28 heavy (non-hydrogen) atoms. The van der Waals surface area contributed by atoms with Gasteiger partial charge in [0.25, 0.3) is 0 Å². The van der Waals surface area contributed by atoms with E-state index >= 15 is 0 Å². The van der Waals surface area contributed by atoms with Gasteiger partial charge < -0.3 is 5.11 Å². The third-order valence-corrected chi connectivity index (χ3v) is 6.17. The van der Waals surface area contributed by atoms with Crippen molar-refractivity contribution in [3.05, 3.63) is 53.3 Å². The molecule has 0 atom stereocenters. The second-order valence-corrected chi connectivity index (χ2v) is 9.68. The molecule has 2 aromatic rings. The van der Waals surface area contributed by atoms with Gasteiger partial charge in [-0.1, -0.05) is 38.1 Å². The fraction of sp³-hybridized carbons (Fsp3) is 0.500. The minimum absolute atomic E-state index is 0.115. The highest BCUT2D eigenvalue weighted by Gasteiger charge is 2.31. The molecule has 0 saturated carbocycles. The predicted molar refractivity (Wildman–Crippen MR) is 109 cm³/mol. The molecule has 0 bridgehead atoms. The Kier molecular flexibility index (Phi) is 7.01. The van der Waals surface area contributed by atoms with Gasteiger partial charge in [0.2, 0.25) is 10.0 Å². The van der Waals surface area contributed by atoms with Crippen LogP contribution in [0.25, 0.3) is 0 Å². The number of hydrogen-bond acceptors (Lipinski definition) is 4. The maximum absolute atomic E-state index is 12.1. The fourth-order valence-electron chi connectivity index (χ4n) is 2.90. The summed E-state index contributed by atoms with van der Waals surface area (Å²) in [5, 5.41) is 13.4. The molecule has 1 heterocycles. The van der Waals surface area contributed by atoms with Gasteiger partial charge in [0, 0.05) is 11.9 Å². The van der Waals surface area contributed by atoms with Crippen LogP contribution in [0.5, 0.6) is 0 Å². The number of nitrogens with one attached hydrogen (secondary N) is 1. The lowest BCUT2D eigenvalue weighted by atomic mass is 10.1. The first-order valence-electron chi connectivity index (χ1n) is 9.35. The molecule has 0 aliphatic rings. The molecular formula is C20H29N3O4S. The lowest BCUT2D eigenvalue weighted by molar-refractivity contribution is -0.142. The van der Waals surface area contributed by atoms with Gasteiger partial charge in [-0.25, -0.2) is 8.42 Å². The predicted octanol–water partition coefficient (Wildman–Crippen LogP) is 2.77. The van der Waals surface area contributed by atoms with Gasteiger partial charge in [-0.3, -0.25) is 9.48 Å². The highest BCUT2D eigenvalue weighted by atomic mass is 32.2.